The van der Waals surface area contributed by atoms with Crippen molar-refractivity contribution in [1.29, 1.82) is 0 Å². The van der Waals surface area contributed by atoms with Crippen LogP contribution < -0.4 is 5.32 Å². The van der Waals surface area contributed by atoms with E-state index in [4.69, 9.17) is 4.74 Å². The molecule has 72 valence electrons. The normalized spacial score (nSPS) is 12.8. The van der Waals surface area contributed by atoms with Gasteiger partial charge in [0.1, 0.15) is 0 Å². The van der Waals surface area contributed by atoms with Gasteiger partial charge in [-0.25, -0.2) is 0 Å². The van der Waals surface area contributed by atoms with Gasteiger partial charge in [-0.05, 0) is 12.0 Å². The van der Waals surface area contributed by atoms with Gasteiger partial charge in [-0.2, -0.15) is 0 Å². The van der Waals surface area contributed by atoms with Gasteiger partial charge in [0.05, 0.1) is 6.73 Å². The van der Waals surface area contributed by atoms with E-state index >= 15 is 0 Å². The first kappa shape index (κ1) is 10.2. The molecule has 13 heavy (non-hydrogen) atoms. The Morgan fingerprint density at radius 2 is 2.00 bits per heavy atom. The number of hydrogen-bond acceptors (Lipinski definition) is 2. The minimum atomic E-state index is 0.404. The van der Waals surface area contributed by atoms with Gasteiger partial charge in [0.2, 0.25) is 0 Å². The molecule has 2 heteroatoms. The van der Waals surface area contributed by atoms with Crippen molar-refractivity contribution in [3.05, 3.63) is 35.9 Å². The van der Waals surface area contributed by atoms with Crippen molar-refractivity contribution >= 4 is 0 Å². The molecular weight excluding hydrogens is 162 g/mol. The van der Waals surface area contributed by atoms with Crippen molar-refractivity contribution in [2.45, 2.75) is 19.4 Å². The molecule has 2 nitrogen and oxygen atoms in total. The van der Waals surface area contributed by atoms with E-state index < -0.39 is 0 Å². The SMILES string of the molecule is CCC(NCOC)c1ccccc1. The summed E-state index contributed by atoms with van der Waals surface area (Å²) in [4.78, 5) is 0. The van der Waals surface area contributed by atoms with Gasteiger partial charge in [-0.3, -0.25) is 5.32 Å². The van der Waals surface area contributed by atoms with Crippen LogP contribution in [0.4, 0.5) is 0 Å². The van der Waals surface area contributed by atoms with Gasteiger partial charge >= 0.3 is 0 Å². The molecule has 0 aromatic heterocycles. The van der Waals surface area contributed by atoms with Crippen molar-refractivity contribution in [2.75, 3.05) is 13.8 Å². The van der Waals surface area contributed by atoms with Gasteiger partial charge in [-0.15, -0.1) is 0 Å². The van der Waals surface area contributed by atoms with Gasteiger partial charge < -0.3 is 4.74 Å². The minimum Gasteiger partial charge on any atom is -0.370 e. The quantitative estimate of drug-likeness (QED) is 0.700. The van der Waals surface area contributed by atoms with E-state index in [9.17, 15) is 0 Å². The number of benzene rings is 1. The highest BCUT2D eigenvalue weighted by molar-refractivity contribution is 5.18. The van der Waals surface area contributed by atoms with Crippen LogP contribution >= 0.6 is 0 Å². The monoisotopic (exact) mass is 179 g/mol. The van der Waals surface area contributed by atoms with Crippen molar-refractivity contribution in [2.24, 2.45) is 0 Å². The fourth-order valence-corrected chi connectivity index (χ4v) is 1.37. The molecule has 0 spiro atoms. The molecule has 1 aromatic rings. The molecule has 0 fully saturated rings. The molecule has 1 aromatic carbocycles. The van der Waals surface area contributed by atoms with Crippen LogP contribution in [0.3, 0.4) is 0 Å². The summed E-state index contributed by atoms with van der Waals surface area (Å²) < 4.78 is 4.98. The predicted octanol–water partition coefficient (Wildman–Crippen LogP) is 2.33. The zero-order valence-electron chi connectivity index (χ0n) is 8.29. The van der Waals surface area contributed by atoms with Crippen molar-refractivity contribution < 1.29 is 4.74 Å². The molecule has 0 radical (unpaired) electrons. The van der Waals surface area contributed by atoms with Crippen LogP contribution in [0.2, 0.25) is 0 Å². The first-order valence-electron chi connectivity index (χ1n) is 4.65. The molecule has 0 aliphatic heterocycles. The lowest BCUT2D eigenvalue weighted by Crippen LogP contribution is -2.22. The van der Waals surface area contributed by atoms with Gasteiger partial charge in [0.15, 0.2) is 0 Å². The highest BCUT2D eigenvalue weighted by Crippen LogP contribution is 2.14. The second-order valence-electron chi connectivity index (χ2n) is 3.01. The Kier molecular flexibility index (Phi) is 4.50. The second kappa shape index (κ2) is 5.73. The van der Waals surface area contributed by atoms with Gasteiger partial charge in [-0.1, -0.05) is 37.3 Å². The average Bonchev–Trinajstić information content (AvgIpc) is 2.21. The summed E-state index contributed by atoms with van der Waals surface area (Å²) in [5.74, 6) is 0. The van der Waals surface area contributed by atoms with E-state index in [2.05, 4.69) is 36.5 Å². The summed E-state index contributed by atoms with van der Waals surface area (Å²) in [6, 6.07) is 10.8. The topological polar surface area (TPSA) is 21.3 Å². The molecular formula is C11H17NO. The van der Waals surface area contributed by atoms with Crippen molar-refractivity contribution in [3.8, 4) is 0 Å². The standard InChI is InChI=1S/C11H17NO/c1-3-11(12-9-13-2)10-7-5-4-6-8-10/h4-8,11-12H,3,9H2,1-2H3. The predicted molar refractivity (Wildman–Crippen MR) is 54.5 cm³/mol. The first-order chi connectivity index (χ1) is 6.38. The average molecular weight is 179 g/mol. The van der Waals surface area contributed by atoms with Crippen LogP contribution in [0.5, 0.6) is 0 Å². The van der Waals surface area contributed by atoms with E-state index in [0.29, 0.717) is 12.8 Å². The van der Waals surface area contributed by atoms with Crippen LogP contribution in [0, 0.1) is 0 Å². The first-order valence-corrected chi connectivity index (χ1v) is 4.65. The molecule has 1 unspecified atom stereocenters. The summed E-state index contributed by atoms with van der Waals surface area (Å²) in [5, 5.41) is 3.31. The maximum Gasteiger partial charge on any atom is 0.0966 e. The number of methoxy groups -OCH3 is 1. The Bertz CT molecular complexity index is 223. The zero-order chi connectivity index (χ0) is 9.52. The fraction of sp³-hybridized carbons (Fsp3) is 0.455. The van der Waals surface area contributed by atoms with Crippen LogP contribution in [-0.4, -0.2) is 13.8 Å². The molecule has 1 N–H and O–H groups in total. The zero-order valence-corrected chi connectivity index (χ0v) is 8.29. The van der Waals surface area contributed by atoms with Crippen molar-refractivity contribution in [1.82, 2.24) is 5.32 Å². The molecule has 1 atom stereocenters. The van der Waals surface area contributed by atoms with Crippen molar-refractivity contribution in [3.63, 3.8) is 0 Å². The molecule has 0 saturated heterocycles. The fourth-order valence-electron chi connectivity index (χ4n) is 1.37. The Morgan fingerprint density at radius 1 is 1.31 bits per heavy atom. The Hall–Kier alpha value is -0.860. The lowest BCUT2D eigenvalue weighted by Gasteiger charge is -2.16. The highest BCUT2D eigenvalue weighted by atomic mass is 16.5. The number of ether oxygens (including phenoxy) is 1. The summed E-state index contributed by atoms with van der Waals surface area (Å²) in [6.45, 7) is 2.77. The van der Waals surface area contributed by atoms with Crippen LogP contribution in [0.1, 0.15) is 24.9 Å². The summed E-state index contributed by atoms with van der Waals surface area (Å²) in [6.07, 6.45) is 1.08. The molecule has 0 aliphatic carbocycles. The molecule has 0 bridgehead atoms. The van der Waals surface area contributed by atoms with Crippen LogP contribution in [0.15, 0.2) is 30.3 Å². The van der Waals surface area contributed by atoms with E-state index in [1.807, 2.05) is 6.07 Å². The molecule has 0 aliphatic rings. The highest BCUT2D eigenvalue weighted by Gasteiger charge is 2.06. The van der Waals surface area contributed by atoms with Crippen LogP contribution in [0.25, 0.3) is 0 Å². The minimum absolute atomic E-state index is 0.404. The lowest BCUT2D eigenvalue weighted by atomic mass is 10.1. The van der Waals surface area contributed by atoms with E-state index in [-0.39, 0.29) is 0 Å². The van der Waals surface area contributed by atoms with E-state index in [1.165, 1.54) is 5.56 Å². The molecule has 0 saturated carbocycles. The van der Waals surface area contributed by atoms with Gasteiger partial charge in [0.25, 0.3) is 0 Å². The second-order valence-corrected chi connectivity index (χ2v) is 3.01. The largest absolute Gasteiger partial charge is 0.370 e. The van der Waals surface area contributed by atoms with Gasteiger partial charge in [0, 0.05) is 13.2 Å². The maximum absolute atomic E-state index is 4.98. The van der Waals surface area contributed by atoms with E-state index in [1.54, 1.807) is 7.11 Å². The molecule has 0 amide bonds. The van der Waals surface area contributed by atoms with E-state index in [0.717, 1.165) is 6.42 Å². The smallest absolute Gasteiger partial charge is 0.0966 e. The lowest BCUT2D eigenvalue weighted by molar-refractivity contribution is 0.162. The number of nitrogens with one attached hydrogen (secondary N) is 1. The summed E-state index contributed by atoms with van der Waals surface area (Å²) in [7, 11) is 1.70. The Morgan fingerprint density at radius 3 is 2.54 bits per heavy atom. The third-order valence-corrected chi connectivity index (χ3v) is 2.08. The summed E-state index contributed by atoms with van der Waals surface area (Å²) >= 11 is 0. The maximum atomic E-state index is 4.98. The summed E-state index contributed by atoms with van der Waals surface area (Å²) in [5.41, 5.74) is 1.32. The van der Waals surface area contributed by atoms with Crippen LogP contribution in [-0.2, 0) is 4.74 Å². The Labute approximate surface area is 79.9 Å². The number of hydrogen-bond donors (Lipinski definition) is 1. The Balaban J connectivity index is 2.56. The molecule has 1 rings (SSSR count). The third kappa shape index (κ3) is 3.17. The molecule has 0 heterocycles. The third-order valence-electron chi connectivity index (χ3n) is 2.08. The number of rotatable bonds is 5.